The van der Waals surface area contributed by atoms with E-state index in [9.17, 15) is 13.2 Å². The molecule has 0 saturated heterocycles. The number of nitrogens with zero attached hydrogens (tertiary/aromatic N) is 1. The number of nitrogens with one attached hydrogen (secondary N) is 2. The minimum Gasteiger partial charge on any atom is -0.383 e. The van der Waals surface area contributed by atoms with Crippen LogP contribution in [0.2, 0.25) is 0 Å². The second-order valence-corrected chi connectivity index (χ2v) is 9.69. The molecule has 3 aromatic rings. The van der Waals surface area contributed by atoms with Crippen LogP contribution in [-0.2, 0) is 21.2 Å². The van der Waals surface area contributed by atoms with Crippen LogP contribution < -0.4 is 15.8 Å². The molecule has 1 aromatic heterocycles. The van der Waals surface area contributed by atoms with Gasteiger partial charge in [-0.2, -0.15) is 0 Å². The smallest absolute Gasteiger partial charge is 0.229 e. The number of carbonyl (C=O) groups excluding carboxylic acids is 1. The van der Waals surface area contributed by atoms with Crippen molar-refractivity contribution in [3.05, 3.63) is 76.5 Å². The van der Waals surface area contributed by atoms with Gasteiger partial charge in [0.25, 0.3) is 0 Å². The largest absolute Gasteiger partial charge is 0.383 e. The van der Waals surface area contributed by atoms with Gasteiger partial charge in [0.15, 0.2) is 0 Å². The van der Waals surface area contributed by atoms with Gasteiger partial charge in [-0.05, 0) is 66.2 Å². The highest BCUT2D eigenvalue weighted by Crippen LogP contribution is 2.18. The minimum atomic E-state index is -3.32. The SMILES string of the molecule is CS(=O)(=O)Nc1ccc(NC(=O)CCCc2ccc(/N=C(\N)c3cccs3)cc2)cc1. The van der Waals surface area contributed by atoms with Gasteiger partial charge in [-0.1, -0.05) is 18.2 Å². The average molecular weight is 457 g/mol. The molecule has 0 aliphatic carbocycles. The zero-order valence-corrected chi connectivity index (χ0v) is 18.7. The summed E-state index contributed by atoms with van der Waals surface area (Å²) in [6.07, 6.45) is 2.95. The lowest BCUT2D eigenvalue weighted by Crippen LogP contribution is -2.12. The molecule has 7 nitrogen and oxygen atoms in total. The van der Waals surface area contributed by atoms with Crippen molar-refractivity contribution in [2.45, 2.75) is 19.3 Å². The van der Waals surface area contributed by atoms with E-state index in [-0.39, 0.29) is 5.91 Å². The Morgan fingerprint density at radius 3 is 2.32 bits per heavy atom. The third-order valence-electron chi connectivity index (χ3n) is 4.30. The lowest BCUT2D eigenvalue weighted by atomic mass is 10.1. The van der Waals surface area contributed by atoms with Gasteiger partial charge >= 0.3 is 0 Å². The number of aryl methyl sites for hydroxylation is 1. The molecule has 0 atom stereocenters. The maximum Gasteiger partial charge on any atom is 0.229 e. The van der Waals surface area contributed by atoms with E-state index in [0.29, 0.717) is 30.1 Å². The highest BCUT2D eigenvalue weighted by Gasteiger charge is 2.05. The Balaban J connectivity index is 1.44. The highest BCUT2D eigenvalue weighted by atomic mass is 32.2. The Labute approximate surface area is 186 Å². The van der Waals surface area contributed by atoms with Crippen LogP contribution in [0.15, 0.2) is 71.0 Å². The molecule has 0 aliphatic rings. The number of rotatable bonds is 9. The summed E-state index contributed by atoms with van der Waals surface area (Å²) >= 11 is 1.55. The van der Waals surface area contributed by atoms with Crippen molar-refractivity contribution >= 4 is 50.2 Å². The third kappa shape index (κ3) is 7.54. The number of carbonyl (C=O) groups is 1. The Hall–Kier alpha value is -3.17. The molecular weight excluding hydrogens is 432 g/mol. The van der Waals surface area contributed by atoms with Gasteiger partial charge in [0, 0.05) is 17.8 Å². The number of hydrogen-bond donors (Lipinski definition) is 3. The fourth-order valence-corrected chi connectivity index (χ4v) is 4.06. The molecule has 0 bridgehead atoms. The quantitative estimate of drug-likeness (QED) is 0.332. The molecule has 4 N–H and O–H groups in total. The summed E-state index contributed by atoms with van der Waals surface area (Å²) < 4.78 is 24.8. The average Bonchev–Trinajstić information content (AvgIpc) is 3.25. The van der Waals surface area contributed by atoms with Crippen molar-refractivity contribution < 1.29 is 13.2 Å². The number of aliphatic imine (C=N–C) groups is 1. The Morgan fingerprint density at radius 2 is 1.71 bits per heavy atom. The van der Waals surface area contributed by atoms with Crippen LogP contribution in [0.1, 0.15) is 23.3 Å². The summed E-state index contributed by atoms with van der Waals surface area (Å²) in [5, 5.41) is 4.78. The zero-order valence-electron chi connectivity index (χ0n) is 17.0. The lowest BCUT2D eigenvalue weighted by molar-refractivity contribution is -0.116. The van der Waals surface area contributed by atoms with E-state index in [2.05, 4.69) is 15.0 Å². The van der Waals surface area contributed by atoms with Crippen molar-refractivity contribution in [2.75, 3.05) is 16.3 Å². The monoisotopic (exact) mass is 456 g/mol. The lowest BCUT2D eigenvalue weighted by Gasteiger charge is -2.08. The predicted octanol–water partition coefficient (Wildman–Crippen LogP) is 4.12. The number of nitrogens with two attached hydrogens (primary N) is 1. The van der Waals surface area contributed by atoms with Gasteiger partial charge in [0.05, 0.1) is 16.8 Å². The number of sulfonamides is 1. The first-order valence-electron chi connectivity index (χ1n) is 9.63. The predicted molar refractivity (Wildman–Crippen MR) is 128 cm³/mol. The van der Waals surface area contributed by atoms with Gasteiger partial charge in [-0.15, -0.1) is 11.3 Å². The molecule has 2 aromatic carbocycles. The van der Waals surface area contributed by atoms with E-state index in [1.165, 1.54) is 0 Å². The van der Waals surface area contributed by atoms with Gasteiger partial charge in [0.1, 0.15) is 5.84 Å². The van der Waals surface area contributed by atoms with E-state index >= 15 is 0 Å². The van der Waals surface area contributed by atoms with E-state index in [0.717, 1.165) is 28.8 Å². The number of hydrogen-bond acceptors (Lipinski definition) is 5. The van der Waals surface area contributed by atoms with Crippen LogP contribution >= 0.6 is 11.3 Å². The first-order valence-corrected chi connectivity index (χ1v) is 12.4. The number of benzene rings is 2. The summed E-state index contributed by atoms with van der Waals surface area (Å²) in [7, 11) is -3.32. The van der Waals surface area contributed by atoms with Crippen LogP contribution in [0.25, 0.3) is 0 Å². The molecule has 9 heteroatoms. The molecule has 1 heterocycles. The first kappa shape index (κ1) is 22.5. The highest BCUT2D eigenvalue weighted by molar-refractivity contribution is 7.92. The van der Waals surface area contributed by atoms with Gasteiger partial charge in [0.2, 0.25) is 15.9 Å². The van der Waals surface area contributed by atoms with Crippen LogP contribution in [0.4, 0.5) is 17.1 Å². The molecule has 3 rings (SSSR count). The van der Waals surface area contributed by atoms with Crippen LogP contribution in [0, 0.1) is 0 Å². The van der Waals surface area contributed by atoms with Crippen LogP contribution in [0.3, 0.4) is 0 Å². The molecule has 0 unspecified atom stereocenters. The zero-order chi connectivity index (χ0) is 22.3. The maximum absolute atomic E-state index is 12.2. The van der Waals surface area contributed by atoms with Crippen molar-refractivity contribution in [1.29, 1.82) is 0 Å². The fraction of sp³-hybridized carbons (Fsp3) is 0.182. The topological polar surface area (TPSA) is 114 Å². The molecule has 162 valence electrons. The van der Waals surface area contributed by atoms with Gasteiger partial charge in [-0.3, -0.25) is 9.52 Å². The fourth-order valence-electron chi connectivity index (χ4n) is 2.87. The van der Waals surface area contributed by atoms with Gasteiger partial charge in [-0.25, -0.2) is 13.4 Å². The van der Waals surface area contributed by atoms with E-state index < -0.39 is 10.0 Å². The van der Waals surface area contributed by atoms with E-state index in [1.807, 2.05) is 41.8 Å². The number of thiophene rings is 1. The Bertz CT molecular complexity index is 1140. The Kier molecular flexibility index (Phi) is 7.43. The summed E-state index contributed by atoms with van der Waals surface area (Å²) in [6, 6.07) is 18.2. The van der Waals surface area contributed by atoms with E-state index in [4.69, 9.17) is 5.73 Å². The Morgan fingerprint density at radius 1 is 1.03 bits per heavy atom. The third-order valence-corrected chi connectivity index (χ3v) is 5.80. The minimum absolute atomic E-state index is 0.0891. The molecule has 31 heavy (non-hydrogen) atoms. The maximum atomic E-state index is 12.2. The summed E-state index contributed by atoms with van der Waals surface area (Å²) in [4.78, 5) is 17.5. The molecular formula is C22H24N4O3S2. The number of anilines is 2. The molecule has 0 radical (unpaired) electrons. The molecule has 1 amide bonds. The van der Waals surface area contributed by atoms with Gasteiger partial charge < -0.3 is 11.1 Å². The normalized spacial score (nSPS) is 11.8. The number of amidine groups is 1. The van der Waals surface area contributed by atoms with Crippen molar-refractivity contribution in [1.82, 2.24) is 0 Å². The number of amides is 1. The van der Waals surface area contributed by atoms with Crippen LogP contribution in [-0.4, -0.2) is 26.4 Å². The first-order chi connectivity index (χ1) is 14.8. The molecule has 0 spiro atoms. The molecule has 0 aliphatic heterocycles. The molecule has 0 fully saturated rings. The second-order valence-electron chi connectivity index (χ2n) is 6.99. The van der Waals surface area contributed by atoms with E-state index in [1.54, 1.807) is 35.6 Å². The summed E-state index contributed by atoms with van der Waals surface area (Å²) in [5.41, 5.74) is 8.99. The van der Waals surface area contributed by atoms with Crippen molar-refractivity contribution in [3.63, 3.8) is 0 Å². The van der Waals surface area contributed by atoms with Crippen molar-refractivity contribution in [2.24, 2.45) is 10.7 Å². The molecule has 0 saturated carbocycles. The van der Waals surface area contributed by atoms with Crippen molar-refractivity contribution in [3.8, 4) is 0 Å². The second kappa shape index (κ2) is 10.2. The summed E-state index contributed by atoms with van der Waals surface area (Å²) in [5.74, 6) is 0.410. The van der Waals surface area contributed by atoms with Crippen LogP contribution in [0.5, 0.6) is 0 Å². The standard InChI is InChI=1S/C22H24N4O3S2/c1-31(28,29)26-19-13-11-17(12-14-19)24-21(27)6-2-4-16-7-9-18(10-8-16)25-22(23)20-5-3-15-30-20/h3,5,7-15,26H,2,4,6H2,1H3,(H2,23,25)(H,24,27). The summed E-state index contributed by atoms with van der Waals surface area (Å²) in [6.45, 7) is 0.